The lowest BCUT2D eigenvalue weighted by atomic mass is 10.1. The van der Waals surface area contributed by atoms with E-state index >= 15 is 0 Å². The minimum absolute atomic E-state index is 0.191. The molecular formula is C17H27N3O2S. The molecule has 2 unspecified atom stereocenters. The summed E-state index contributed by atoms with van der Waals surface area (Å²) >= 11 is 1.88. The molecule has 1 amide bonds. The summed E-state index contributed by atoms with van der Waals surface area (Å²) in [5, 5.41) is 4.69. The van der Waals surface area contributed by atoms with E-state index in [1.807, 2.05) is 23.7 Å². The predicted octanol–water partition coefficient (Wildman–Crippen LogP) is 3.40. The molecule has 1 aromatic heterocycles. The zero-order valence-corrected chi connectivity index (χ0v) is 15.0. The molecular weight excluding hydrogens is 310 g/mol. The van der Waals surface area contributed by atoms with Crippen molar-refractivity contribution in [2.75, 3.05) is 13.3 Å². The van der Waals surface area contributed by atoms with Crippen molar-refractivity contribution in [3.8, 4) is 0 Å². The third kappa shape index (κ3) is 3.90. The van der Waals surface area contributed by atoms with Crippen molar-refractivity contribution < 1.29 is 9.32 Å². The van der Waals surface area contributed by atoms with Crippen LogP contribution in [0.1, 0.15) is 69.0 Å². The van der Waals surface area contributed by atoms with Gasteiger partial charge >= 0.3 is 0 Å². The van der Waals surface area contributed by atoms with Gasteiger partial charge < -0.3 is 9.42 Å². The van der Waals surface area contributed by atoms with Gasteiger partial charge in [0.15, 0.2) is 5.82 Å². The van der Waals surface area contributed by atoms with Crippen molar-refractivity contribution in [1.82, 2.24) is 15.0 Å². The summed E-state index contributed by atoms with van der Waals surface area (Å²) in [5.41, 5.74) is 0. The van der Waals surface area contributed by atoms with Gasteiger partial charge in [-0.1, -0.05) is 24.4 Å². The Hall–Kier alpha value is -1.04. The van der Waals surface area contributed by atoms with Gasteiger partial charge in [0.05, 0.1) is 0 Å². The van der Waals surface area contributed by atoms with Crippen LogP contribution in [0.15, 0.2) is 4.52 Å². The number of rotatable bonds is 6. The number of aromatic nitrogens is 2. The van der Waals surface area contributed by atoms with Gasteiger partial charge in [0.25, 0.3) is 0 Å². The molecule has 5 nitrogen and oxygen atoms in total. The van der Waals surface area contributed by atoms with E-state index < -0.39 is 0 Å². The minimum Gasteiger partial charge on any atom is -0.342 e. The van der Waals surface area contributed by atoms with Crippen LogP contribution < -0.4 is 0 Å². The number of thioether (sulfide) groups is 1. The lowest BCUT2D eigenvalue weighted by Gasteiger charge is -2.28. The van der Waals surface area contributed by atoms with Gasteiger partial charge in [0, 0.05) is 37.1 Å². The van der Waals surface area contributed by atoms with Gasteiger partial charge in [0.1, 0.15) is 0 Å². The molecule has 1 aromatic rings. The maximum atomic E-state index is 12.5. The number of amides is 1. The number of hydrogen-bond donors (Lipinski definition) is 0. The zero-order chi connectivity index (χ0) is 16.2. The molecule has 0 radical (unpaired) electrons. The summed E-state index contributed by atoms with van der Waals surface area (Å²) in [7, 11) is 1.94. The summed E-state index contributed by atoms with van der Waals surface area (Å²) in [6.07, 6.45) is 11.6. The van der Waals surface area contributed by atoms with Crippen molar-refractivity contribution in [3.63, 3.8) is 0 Å². The first-order valence-electron chi connectivity index (χ1n) is 8.80. The number of hydrogen-bond acceptors (Lipinski definition) is 5. The highest BCUT2D eigenvalue weighted by atomic mass is 32.2. The van der Waals surface area contributed by atoms with E-state index in [-0.39, 0.29) is 5.91 Å². The van der Waals surface area contributed by atoms with Crippen LogP contribution in [0.25, 0.3) is 0 Å². The standard InChI is InChI=1S/C17H27N3O2S/c1-20(13-8-5-9-14(13)23-2)16(21)11-10-15-18-17(19-22-15)12-6-3-4-7-12/h12-14H,3-11H2,1-2H3. The predicted molar refractivity (Wildman–Crippen MR) is 91.5 cm³/mol. The van der Waals surface area contributed by atoms with Crippen molar-refractivity contribution in [3.05, 3.63) is 11.7 Å². The lowest BCUT2D eigenvalue weighted by molar-refractivity contribution is -0.131. The molecule has 0 saturated heterocycles. The van der Waals surface area contributed by atoms with Crippen LogP contribution in [0.5, 0.6) is 0 Å². The highest BCUT2D eigenvalue weighted by Crippen LogP contribution is 2.33. The fraction of sp³-hybridized carbons (Fsp3) is 0.824. The fourth-order valence-corrected chi connectivity index (χ4v) is 4.95. The Morgan fingerprint density at radius 3 is 2.78 bits per heavy atom. The highest BCUT2D eigenvalue weighted by Gasteiger charge is 2.32. The van der Waals surface area contributed by atoms with Crippen LogP contribution in [0.2, 0.25) is 0 Å². The molecule has 0 aromatic carbocycles. The van der Waals surface area contributed by atoms with Crippen LogP contribution in [-0.4, -0.2) is 45.5 Å². The van der Waals surface area contributed by atoms with Crippen LogP contribution in [0.4, 0.5) is 0 Å². The van der Waals surface area contributed by atoms with E-state index in [9.17, 15) is 4.79 Å². The Morgan fingerprint density at radius 2 is 2.04 bits per heavy atom. The maximum absolute atomic E-state index is 12.5. The van der Waals surface area contributed by atoms with E-state index in [1.165, 1.54) is 38.5 Å². The van der Waals surface area contributed by atoms with Gasteiger partial charge in [-0.05, 0) is 31.9 Å². The quantitative estimate of drug-likeness (QED) is 0.796. The average Bonchev–Trinajstić information content (AvgIpc) is 3.32. The van der Waals surface area contributed by atoms with Gasteiger partial charge in [-0.2, -0.15) is 16.7 Å². The van der Waals surface area contributed by atoms with Gasteiger partial charge in [-0.3, -0.25) is 4.79 Å². The molecule has 0 spiro atoms. The van der Waals surface area contributed by atoms with Crippen molar-refractivity contribution >= 4 is 17.7 Å². The minimum atomic E-state index is 0.191. The maximum Gasteiger partial charge on any atom is 0.227 e. The summed E-state index contributed by atoms with van der Waals surface area (Å²) in [6.45, 7) is 0. The first-order chi connectivity index (χ1) is 11.2. The van der Waals surface area contributed by atoms with E-state index in [4.69, 9.17) is 4.52 Å². The summed E-state index contributed by atoms with van der Waals surface area (Å²) in [6, 6.07) is 0.384. The number of nitrogens with zero attached hydrogens (tertiary/aromatic N) is 3. The molecule has 23 heavy (non-hydrogen) atoms. The second-order valence-electron chi connectivity index (χ2n) is 6.80. The summed E-state index contributed by atoms with van der Waals surface area (Å²) < 4.78 is 5.34. The lowest BCUT2D eigenvalue weighted by Crippen LogP contribution is -2.40. The first kappa shape index (κ1) is 16.8. The molecule has 2 aliphatic carbocycles. The molecule has 0 aliphatic heterocycles. The number of carbonyl (C=O) groups is 1. The molecule has 2 aliphatic rings. The van der Waals surface area contributed by atoms with Crippen molar-refractivity contribution in [2.45, 2.75) is 75.0 Å². The van der Waals surface area contributed by atoms with Gasteiger partial charge in [-0.15, -0.1) is 0 Å². The molecule has 128 valence electrons. The normalized spacial score (nSPS) is 25.1. The topological polar surface area (TPSA) is 59.2 Å². The first-order valence-corrected chi connectivity index (χ1v) is 10.1. The van der Waals surface area contributed by atoms with Crippen LogP contribution in [0, 0.1) is 0 Å². The smallest absolute Gasteiger partial charge is 0.227 e. The fourth-order valence-electron chi connectivity index (χ4n) is 3.92. The molecule has 1 heterocycles. The molecule has 2 fully saturated rings. The van der Waals surface area contributed by atoms with Crippen molar-refractivity contribution in [2.24, 2.45) is 0 Å². The number of aryl methyl sites for hydroxylation is 1. The van der Waals surface area contributed by atoms with E-state index in [0.29, 0.717) is 35.9 Å². The Labute approximate surface area is 142 Å². The second-order valence-corrected chi connectivity index (χ2v) is 7.88. The van der Waals surface area contributed by atoms with Crippen LogP contribution >= 0.6 is 11.8 Å². The average molecular weight is 337 g/mol. The Morgan fingerprint density at radius 1 is 1.26 bits per heavy atom. The van der Waals surface area contributed by atoms with E-state index in [0.717, 1.165) is 12.2 Å². The Bertz CT molecular complexity index is 528. The van der Waals surface area contributed by atoms with Crippen LogP contribution in [-0.2, 0) is 11.2 Å². The van der Waals surface area contributed by atoms with Crippen molar-refractivity contribution in [1.29, 1.82) is 0 Å². The van der Waals surface area contributed by atoms with Gasteiger partial charge in [0.2, 0.25) is 11.8 Å². The van der Waals surface area contributed by atoms with Gasteiger partial charge in [-0.25, -0.2) is 0 Å². The van der Waals surface area contributed by atoms with Crippen LogP contribution in [0.3, 0.4) is 0 Å². The van der Waals surface area contributed by atoms with E-state index in [1.54, 1.807) is 0 Å². The summed E-state index contributed by atoms with van der Waals surface area (Å²) in [5.74, 6) is 2.11. The molecule has 6 heteroatoms. The SMILES string of the molecule is CSC1CCCC1N(C)C(=O)CCc1nc(C2CCCC2)no1. The Balaban J connectivity index is 1.50. The Kier molecular flexibility index (Phi) is 5.62. The third-order valence-electron chi connectivity index (χ3n) is 5.37. The highest BCUT2D eigenvalue weighted by molar-refractivity contribution is 7.99. The van der Waals surface area contributed by atoms with E-state index in [2.05, 4.69) is 16.4 Å². The molecule has 2 atom stereocenters. The largest absolute Gasteiger partial charge is 0.342 e. The molecule has 0 bridgehead atoms. The summed E-state index contributed by atoms with van der Waals surface area (Å²) in [4.78, 5) is 18.9. The number of carbonyl (C=O) groups excluding carboxylic acids is 1. The zero-order valence-electron chi connectivity index (χ0n) is 14.2. The second kappa shape index (κ2) is 7.69. The molecule has 3 rings (SSSR count). The molecule has 0 N–H and O–H groups in total. The monoisotopic (exact) mass is 337 g/mol. The molecule has 2 saturated carbocycles. The third-order valence-corrected chi connectivity index (χ3v) is 6.52.